The highest BCUT2D eigenvalue weighted by Gasteiger charge is 2.40. The molecule has 7 nitrogen and oxygen atoms in total. The minimum absolute atomic E-state index is 0.0664. The van der Waals surface area contributed by atoms with Gasteiger partial charge in [-0.1, -0.05) is 13.8 Å². The van der Waals surface area contributed by atoms with E-state index in [9.17, 15) is 18.5 Å². The molecule has 2 saturated heterocycles. The Labute approximate surface area is 142 Å². The van der Waals surface area contributed by atoms with E-state index in [0.717, 1.165) is 32.4 Å². The number of hydrogen-bond acceptors (Lipinski definition) is 5. The predicted octanol–water partition coefficient (Wildman–Crippen LogP) is 2.62. The molecule has 1 aromatic carbocycles. The fraction of sp³-hybridized carbons (Fsp3) is 0.625. The van der Waals surface area contributed by atoms with Crippen LogP contribution < -0.4 is 4.90 Å². The monoisotopic (exact) mass is 353 g/mol. The highest BCUT2D eigenvalue weighted by atomic mass is 32.2. The predicted molar refractivity (Wildman–Crippen MR) is 91.7 cm³/mol. The van der Waals surface area contributed by atoms with Crippen LogP contribution in [0, 0.1) is 15.5 Å². The lowest BCUT2D eigenvalue weighted by molar-refractivity contribution is -0.385. The average molecular weight is 353 g/mol. The first-order valence-electron chi connectivity index (χ1n) is 8.30. The van der Waals surface area contributed by atoms with Crippen LogP contribution in [0.1, 0.15) is 33.1 Å². The molecule has 3 rings (SSSR count). The molecule has 0 N–H and O–H groups in total. The number of hydrogen-bond donors (Lipinski definition) is 0. The number of sulfonamides is 1. The summed E-state index contributed by atoms with van der Waals surface area (Å²) in [6, 6.07) is 4.18. The Morgan fingerprint density at radius 1 is 1.25 bits per heavy atom. The molecule has 0 bridgehead atoms. The topological polar surface area (TPSA) is 83.8 Å². The average Bonchev–Trinajstić information content (AvgIpc) is 3.06. The fourth-order valence-corrected chi connectivity index (χ4v) is 5.17. The normalized spacial score (nSPS) is 20.8. The second kappa shape index (κ2) is 6.00. The van der Waals surface area contributed by atoms with Gasteiger partial charge in [-0.15, -0.1) is 0 Å². The molecule has 2 heterocycles. The minimum Gasteiger partial charge on any atom is -0.369 e. The second-order valence-electron chi connectivity index (χ2n) is 7.04. The van der Waals surface area contributed by atoms with Crippen LogP contribution >= 0.6 is 0 Å². The largest absolute Gasteiger partial charge is 0.369 e. The van der Waals surface area contributed by atoms with E-state index in [4.69, 9.17) is 0 Å². The summed E-state index contributed by atoms with van der Waals surface area (Å²) in [5, 5.41) is 11.1. The summed E-state index contributed by atoms with van der Waals surface area (Å²) in [5.41, 5.74) is 0.574. The minimum atomic E-state index is -3.70. The number of anilines is 1. The lowest BCUT2D eigenvalue weighted by Gasteiger charge is -2.49. The SMILES string of the molecule is CCC1(C)CN(c2ccc([N+](=O)[O-])cc2S(=O)(=O)N2CCCC2)C1. The molecule has 0 aliphatic carbocycles. The van der Waals surface area contributed by atoms with Crippen molar-refractivity contribution < 1.29 is 13.3 Å². The first-order chi connectivity index (χ1) is 11.3. The first-order valence-corrected chi connectivity index (χ1v) is 9.74. The molecule has 0 radical (unpaired) electrons. The Hall–Kier alpha value is -1.67. The summed E-state index contributed by atoms with van der Waals surface area (Å²) in [7, 11) is -3.70. The van der Waals surface area contributed by atoms with Crippen molar-refractivity contribution in [1.82, 2.24) is 4.31 Å². The maximum absolute atomic E-state index is 13.0. The zero-order chi connectivity index (χ0) is 17.5. The Morgan fingerprint density at radius 3 is 2.42 bits per heavy atom. The molecule has 1 aromatic rings. The molecule has 0 spiro atoms. The van der Waals surface area contributed by atoms with Crippen LogP contribution in [0.4, 0.5) is 11.4 Å². The van der Waals surface area contributed by atoms with E-state index in [0.29, 0.717) is 18.8 Å². The Morgan fingerprint density at radius 2 is 1.88 bits per heavy atom. The molecule has 0 saturated carbocycles. The second-order valence-corrected chi connectivity index (χ2v) is 8.95. The summed E-state index contributed by atoms with van der Waals surface area (Å²) in [5.74, 6) is 0. The standard InChI is InChI=1S/C16H23N3O4S/c1-3-16(2)11-17(12-16)14-7-6-13(19(20)21)10-15(14)24(22,23)18-8-4-5-9-18/h6-7,10H,3-5,8-9,11-12H2,1-2H3. The van der Waals surface area contributed by atoms with E-state index in [2.05, 4.69) is 13.8 Å². The van der Waals surface area contributed by atoms with Gasteiger partial charge in [0.25, 0.3) is 5.69 Å². The van der Waals surface area contributed by atoms with Crippen LogP contribution in [-0.4, -0.2) is 43.8 Å². The van der Waals surface area contributed by atoms with Crippen LogP contribution in [0.15, 0.2) is 23.1 Å². The Kier molecular flexibility index (Phi) is 4.29. The van der Waals surface area contributed by atoms with Crippen molar-refractivity contribution in [2.24, 2.45) is 5.41 Å². The number of non-ortho nitro benzene ring substituents is 1. The van der Waals surface area contributed by atoms with Crippen LogP contribution in [0.5, 0.6) is 0 Å². The van der Waals surface area contributed by atoms with Gasteiger partial charge in [0.15, 0.2) is 0 Å². The van der Waals surface area contributed by atoms with Crippen molar-refractivity contribution in [1.29, 1.82) is 0 Å². The van der Waals surface area contributed by atoms with Gasteiger partial charge >= 0.3 is 0 Å². The van der Waals surface area contributed by atoms with Crippen LogP contribution in [-0.2, 0) is 10.0 Å². The van der Waals surface area contributed by atoms with Crippen molar-refractivity contribution in [2.45, 2.75) is 38.0 Å². The van der Waals surface area contributed by atoms with E-state index in [1.165, 1.54) is 16.4 Å². The van der Waals surface area contributed by atoms with Crippen LogP contribution in [0.3, 0.4) is 0 Å². The number of nitro benzene ring substituents is 1. The van der Waals surface area contributed by atoms with Gasteiger partial charge in [0.2, 0.25) is 10.0 Å². The lowest BCUT2D eigenvalue weighted by atomic mass is 9.79. The number of nitrogens with zero attached hydrogens (tertiary/aromatic N) is 3. The molecule has 132 valence electrons. The third-order valence-corrected chi connectivity index (χ3v) is 7.10. The maximum Gasteiger partial charge on any atom is 0.270 e. The zero-order valence-electron chi connectivity index (χ0n) is 14.1. The van der Waals surface area contributed by atoms with Gasteiger partial charge in [-0.05, 0) is 25.3 Å². The van der Waals surface area contributed by atoms with Crippen molar-refractivity contribution >= 4 is 21.4 Å². The molecule has 8 heteroatoms. The summed E-state index contributed by atoms with van der Waals surface area (Å²) in [6.45, 7) is 6.79. The lowest BCUT2D eigenvalue weighted by Crippen LogP contribution is -2.55. The van der Waals surface area contributed by atoms with Crippen molar-refractivity contribution in [3.8, 4) is 0 Å². The first kappa shape index (κ1) is 17.2. The highest BCUT2D eigenvalue weighted by Crippen LogP contribution is 2.41. The van der Waals surface area contributed by atoms with E-state index < -0.39 is 14.9 Å². The molecule has 0 aromatic heterocycles. The van der Waals surface area contributed by atoms with Gasteiger partial charge in [0.05, 0.1) is 10.6 Å². The van der Waals surface area contributed by atoms with Gasteiger partial charge in [-0.2, -0.15) is 4.31 Å². The molecular formula is C16H23N3O4S. The van der Waals surface area contributed by atoms with E-state index >= 15 is 0 Å². The highest BCUT2D eigenvalue weighted by molar-refractivity contribution is 7.89. The third kappa shape index (κ3) is 2.88. The molecule has 0 amide bonds. The number of nitro groups is 1. The Balaban J connectivity index is 2.02. The molecule has 0 unspecified atom stereocenters. The van der Waals surface area contributed by atoms with Gasteiger partial charge < -0.3 is 4.90 Å². The van der Waals surface area contributed by atoms with E-state index in [1.54, 1.807) is 6.07 Å². The van der Waals surface area contributed by atoms with Gasteiger partial charge in [0.1, 0.15) is 4.90 Å². The van der Waals surface area contributed by atoms with Crippen molar-refractivity contribution in [2.75, 3.05) is 31.1 Å². The smallest absolute Gasteiger partial charge is 0.270 e. The van der Waals surface area contributed by atoms with E-state index in [1.807, 2.05) is 4.90 Å². The summed E-state index contributed by atoms with van der Waals surface area (Å²) < 4.78 is 27.4. The number of benzene rings is 1. The van der Waals surface area contributed by atoms with Crippen LogP contribution in [0.25, 0.3) is 0 Å². The molecule has 0 atom stereocenters. The molecule has 2 aliphatic heterocycles. The maximum atomic E-state index is 13.0. The third-order valence-electron chi connectivity index (χ3n) is 5.18. The van der Waals surface area contributed by atoms with E-state index in [-0.39, 0.29) is 16.0 Å². The summed E-state index contributed by atoms with van der Waals surface area (Å²) in [6.07, 6.45) is 2.69. The molecule has 2 aliphatic rings. The van der Waals surface area contributed by atoms with Crippen molar-refractivity contribution in [3.05, 3.63) is 28.3 Å². The number of rotatable bonds is 5. The van der Waals surface area contributed by atoms with Gasteiger partial charge in [-0.3, -0.25) is 10.1 Å². The Bertz CT molecular complexity index is 751. The van der Waals surface area contributed by atoms with Gasteiger partial charge in [-0.25, -0.2) is 8.42 Å². The molecule has 2 fully saturated rings. The fourth-order valence-electron chi connectivity index (χ4n) is 3.42. The zero-order valence-corrected chi connectivity index (χ0v) is 14.9. The molecular weight excluding hydrogens is 330 g/mol. The molecule has 24 heavy (non-hydrogen) atoms. The van der Waals surface area contributed by atoms with Crippen LogP contribution in [0.2, 0.25) is 0 Å². The van der Waals surface area contributed by atoms with Gasteiger partial charge in [0, 0.05) is 43.7 Å². The quantitative estimate of drug-likeness (QED) is 0.600. The summed E-state index contributed by atoms with van der Waals surface area (Å²) in [4.78, 5) is 12.6. The van der Waals surface area contributed by atoms with Crippen molar-refractivity contribution in [3.63, 3.8) is 0 Å². The summed E-state index contributed by atoms with van der Waals surface area (Å²) >= 11 is 0.